The highest BCUT2D eigenvalue weighted by Gasteiger charge is 2.55. The topological polar surface area (TPSA) is 95.0 Å². The van der Waals surface area contributed by atoms with Crippen molar-refractivity contribution in [1.82, 2.24) is 24.5 Å². The molecule has 0 spiro atoms. The Bertz CT molecular complexity index is 1890. The van der Waals surface area contributed by atoms with Gasteiger partial charge in [-0.1, -0.05) is 46.6 Å². The van der Waals surface area contributed by atoms with Gasteiger partial charge < -0.3 is 0 Å². The van der Waals surface area contributed by atoms with Crippen LogP contribution in [0, 0.1) is 5.92 Å². The number of benzene rings is 2. The van der Waals surface area contributed by atoms with Gasteiger partial charge in [0, 0.05) is 53.7 Å². The van der Waals surface area contributed by atoms with Gasteiger partial charge in [0.2, 0.25) is 0 Å². The Kier molecular flexibility index (Phi) is 5.28. The molecule has 2 aliphatic heterocycles. The molecule has 0 amide bonds. The minimum atomic E-state index is -0.102. The number of hydrogen-bond acceptors (Lipinski definition) is 6. The molecule has 40 heavy (non-hydrogen) atoms. The monoisotopic (exact) mass is 568 g/mol. The minimum absolute atomic E-state index is 0.0917. The summed E-state index contributed by atoms with van der Waals surface area (Å²) in [5.41, 5.74) is 7.49. The van der Waals surface area contributed by atoms with Crippen LogP contribution in [-0.4, -0.2) is 36.0 Å². The molecule has 0 N–H and O–H groups in total. The zero-order valence-corrected chi connectivity index (χ0v) is 22.7. The third kappa shape index (κ3) is 3.81. The van der Waals surface area contributed by atoms with Crippen LogP contribution in [0.3, 0.4) is 0 Å². The molecule has 1 saturated carbocycles. The van der Waals surface area contributed by atoms with E-state index < -0.39 is 0 Å². The number of carbonyl (C=O) groups is 1. The van der Waals surface area contributed by atoms with E-state index in [2.05, 4.69) is 28.5 Å². The fourth-order valence-electron chi connectivity index (χ4n) is 6.52. The molecule has 0 bridgehead atoms. The predicted octanol–water partition coefficient (Wildman–Crippen LogP) is 5.40. The van der Waals surface area contributed by atoms with Crippen molar-refractivity contribution in [2.45, 2.75) is 44.1 Å². The highest BCUT2D eigenvalue weighted by molar-refractivity contribution is 6.31. The average molecular weight is 569 g/mol. The summed E-state index contributed by atoms with van der Waals surface area (Å²) < 4.78 is 3.40. The van der Waals surface area contributed by atoms with Gasteiger partial charge in [-0.05, 0) is 59.2 Å². The Hall–Kier alpha value is -3.88. The lowest BCUT2D eigenvalue weighted by molar-refractivity contribution is -0.118. The Labute approximate surface area is 239 Å². The fourth-order valence-corrected chi connectivity index (χ4v) is 6.82. The van der Waals surface area contributed by atoms with Crippen molar-refractivity contribution in [2.24, 2.45) is 10.9 Å². The molecule has 4 heterocycles. The number of allylic oxidation sites excluding steroid dienone is 1. The summed E-state index contributed by atoms with van der Waals surface area (Å²) in [5.74, 6) is 1.66. The van der Waals surface area contributed by atoms with Crippen molar-refractivity contribution in [2.75, 3.05) is 0 Å². The molecular formula is C30H22Cl2N6O2. The number of aryl methyl sites for hydroxylation is 1. The zero-order valence-electron chi connectivity index (χ0n) is 21.2. The summed E-state index contributed by atoms with van der Waals surface area (Å²) in [6.07, 6.45) is 7.17. The Balaban J connectivity index is 1.11. The normalized spacial score (nSPS) is 22.4. The van der Waals surface area contributed by atoms with Gasteiger partial charge in [0.1, 0.15) is 11.6 Å². The Morgan fingerprint density at radius 2 is 1.85 bits per heavy atom. The van der Waals surface area contributed by atoms with Gasteiger partial charge in [0.25, 0.3) is 5.56 Å². The van der Waals surface area contributed by atoms with E-state index in [1.54, 1.807) is 29.1 Å². The van der Waals surface area contributed by atoms with Crippen molar-refractivity contribution in [3.63, 3.8) is 0 Å². The third-order valence-corrected chi connectivity index (χ3v) is 8.93. The Morgan fingerprint density at radius 3 is 2.70 bits per heavy atom. The lowest BCUT2D eigenvalue weighted by atomic mass is 9.87. The first-order valence-electron chi connectivity index (χ1n) is 13.3. The largest absolute Gasteiger partial charge is 0.299 e. The molecule has 3 atom stereocenters. The number of ketones is 1. The van der Waals surface area contributed by atoms with Gasteiger partial charge >= 0.3 is 0 Å². The molecule has 10 heteroatoms. The highest BCUT2D eigenvalue weighted by Crippen LogP contribution is 2.59. The quantitative estimate of drug-likeness (QED) is 0.328. The summed E-state index contributed by atoms with van der Waals surface area (Å²) in [6.45, 7) is 0. The first kappa shape index (κ1) is 24.0. The van der Waals surface area contributed by atoms with Crippen LogP contribution in [0.5, 0.6) is 0 Å². The third-order valence-electron chi connectivity index (χ3n) is 8.52. The highest BCUT2D eigenvalue weighted by atomic mass is 35.5. The molecule has 4 aromatic rings. The maximum atomic E-state index is 13.6. The molecule has 2 aromatic heterocycles. The lowest BCUT2D eigenvalue weighted by Crippen LogP contribution is -2.30. The second-order valence-electron chi connectivity index (χ2n) is 11.0. The predicted molar refractivity (Wildman–Crippen MR) is 152 cm³/mol. The van der Waals surface area contributed by atoms with Crippen molar-refractivity contribution in [1.29, 1.82) is 0 Å². The summed E-state index contributed by atoms with van der Waals surface area (Å²) in [5, 5.41) is 8.76. The molecule has 0 unspecified atom stereocenters. The summed E-state index contributed by atoms with van der Waals surface area (Å²) in [6, 6.07) is 13.2. The smallest absolute Gasteiger partial charge is 0.254 e. The molecule has 8 rings (SSSR count). The first-order chi connectivity index (χ1) is 19.4. The van der Waals surface area contributed by atoms with Crippen LogP contribution in [-0.2, 0) is 17.6 Å². The van der Waals surface area contributed by atoms with Gasteiger partial charge in [-0.2, -0.15) is 0 Å². The summed E-state index contributed by atoms with van der Waals surface area (Å²) >= 11 is 12.4. The molecule has 8 nitrogen and oxygen atoms in total. The number of carbonyl (C=O) groups excluding carboxylic acids is 1. The van der Waals surface area contributed by atoms with Crippen molar-refractivity contribution < 1.29 is 4.79 Å². The fraction of sp³-hybridized carbons (Fsp3) is 0.267. The summed E-state index contributed by atoms with van der Waals surface area (Å²) in [7, 11) is 0. The van der Waals surface area contributed by atoms with E-state index in [-0.39, 0.29) is 22.7 Å². The van der Waals surface area contributed by atoms with Crippen LogP contribution in [0.15, 0.2) is 64.6 Å². The molecule has 2 aliphatic carbocycles. The van der Waals surface area contributed by atoms with Crippen LogP contribution >= 0.6 is 23.2 Å². The zero-order chi connectivity index (χ0) is 27.1. The molecular weight excluding hydrogens is 547 g/mol. The molecule has 1 fully saturated rings. The van der Waals surface area contributed by atoms with Crippen LogP contribution in [0.4, 0.5) is 0 Å². The number of nitrogens with zero attached hydrogens (tertiary/aromatic N) is 6. The van der Waals surface area contributed by atoms with Gasteiger partial charge in [0.05, 0.1) is 23.6 Å². The van der Waals surface area contributed by atoms with Crippen molar-refractivity contribution in [3.8, 4) is 16.9 Å². The SMILES string of the molecule is O=C1CCc2cc(C3=CN=C([C@@H]4[C@H]5C[C@H]5c5nc(-c6cc(Cl)ccc6-n6cc(Cl)nn6)cc(=O)n54)C3)ccc2C1. The van der Waals surface area contributed by atoms with Gasteiger partial charge in [-0.3, -0.25) is 19.1 Å². The van der Waals surface area contributed by atoms with Crippen molar-refractivity contribution in [3.05, 3.63) is 97.9 Å². The molecule has 0 radical (unpaired) electrons. The van der Waals surface area contributed by atoms with Crippen LogP contribution in [0.2, 0.25) is 10.2 Å². The number of fused-ring (bicyclic) bond motifs is 4. The van der Waals surface area contributed by atoms with Crippen molar-refractivity contribution >= 4 is 40.3 Å². The molecule has 0 saturated heterocycles. The maximum Gasteiger partial charge on any atom is 0.254 e. The number of aromatic nitrogens is 5. The van der Waals surface area contributed by atoms with E-state index in [1.807, 2.05) is 16.8 Å². The van der Waals surface area contributed by atoms with E-state index in [4.69, 9.17) is 33.2 Å². The number of rotatable bonds is 4. The maximum absolute atomic E-state index is 13.6. The first-order valence-corrected chi connectivity index (χ1v) is 14.1. The molecule has 198 valence electrons. The summed E-state index contributed by atoms with van der Waals surface area (Å²) in [4.78, 5) is 35.3. The second kappa shape index (κ2) is 8.81. The second-order valence-corrected chi connectivity index (χ2v) is 11.8. The van der Waals surface area contributed by atoms with E-state index in [0.717, 1.165) is 41.1 Å². The van der Waals surface area contributed by atoms with Crippen LogP contribution < -0.4 is 5.56 Å². The van der Waals surface area contributed by atoms with Gasteiger partial charge in [-0.25, -0.2) is 9.67 Å². The van der Waals surface area contributed by atoms with Crippen LogP contribution in [0.1, 0.15) is 53.7 Å². The lowest BCUT2D eigenvalue weighted by Gasteiger charge is -2.20. The van der Waals surface area contributed by atoms with E-state index in [1.165, 1.54) is 5.56 Å². The van der Waals surface area contributed by atoms with Gasteiger partial charge in [0.15, 0.2) is 5.15 Å². The Morgan fingerprint density at radius 1 is 0.950 bits per heavy atom. The van der Waals surface area contributed by atoms with Gasteiger partial charge in [-0.15, -0.1) is 5.10 Å². The molecule has 4 aliphatic rings. The molecule has 2 aromatic carbocycles. The number of Topliss-reactive ketones (excluding diaryl/α,β-unsaturated/α-hetero) is 1. The number of hydrogen-bond donors (Lipinski definition) is 0. The number of halogens is 2. The van der Waals surface area contributed by atoms with E-state index >= 15 is 0 Å². The minimum Gasteiger partial charge on any atom is -0.299 e. The average Bonchev–Trinajstić information content (AvgIpc) is 3.23. The van der Waals surface area contributed by atoms with E-state index in [9.17, 15) is 9.59 Å². The van der Waals surface area contributed by atoms with Crippen LogP contribution in [0.25, 0.3) is 22.5 Å². The number of aliphatic imine (C=N–C) groups is 1. The standard InChI is InChI=1S/C30H22Cl2N6O2/c31-19-4-6-26(37-14-27(32)35-36-37)23(10-19)24-12-28(40)38-29(21-11-22(21)30(38)34-24)25-9-18(13-33-25)16-1-2-17-8-20(39)5-3-15(17)7-16/h1-2,4,6-7,10,12-14,21-22,29H,3,5,8-9,11H2/t21-,22+,29-/m0/s1. The van der Waals surface area contributed by atoms with E-state index in [0.29, 0.717) is 52.9 Å².